The van der Waals surface area contributed by atoms with E-state index >= 15 is 0 Å². The van der Waals surface area contributed by atoms with Gasteiger partial charge >= 0.3 is 0 Å². The molecule has 3 N–H and O–H groups in total. The van der Waals surface area contributed by atoms with E-state index in [0.717, 1.165) is 6.26 Å². The molecule has 2 aliphatic rings. The molecule has 0 saturated carbocycles. The number of nitrogens with zero attached hydrogens (tertiary/aromatic N) is 1. The predicted octanol–water partition coefficient (Wildman–Crippen LogP) is 1.33. The topological polar surface area (TPSA) is 125 Å². The number of carbonyl (C=O) groups excluding carboxylic acids is 1. The molecule has 1 amide bonds. The summed E-state index contributed by atoms with van der Waals surface area (Å²) in [6.45, 7) is 3.53. The second kappa shape index (κ2) is 7.73. The average Bonchev–Trinajstić information content (AvgIpc) is 3.06. The van der Waals surface area contributed by atoms with Crippen LogP contribution in [-0.2, 0) is 20.5 Å². The second-order valence-corrected chi connectivity index (χ2v) is 10.2. The number of nitrogens with one attached hydrogen (secondary N) is 1. The highest BCUT2D eigenvalue weighted by Gasteiger charge is 2.57. The minimum Gasteiger partial charge on any atom is -0.493 e. The third-order valence-electron chi connectivity index (χ3n) is 5.83. The van der Waals surface area contributed by atoms with Crippen LogP contribution in [0.2, 0.25) is 0 Å². The number of benzene rings is 2. The van der Waals surface area contributed by atoms with Gasteiger partial charge < -0.3 is 19.7 Å². The summed E-state index contributed by atoms with van der Waals surface area (Å²) in [5.74, 6) is -2.28. The van der Waals surface area contributed by atoms with E-state index in [0.29, 0.717) is 46.0 Å². The Labute approximate surface area is 186 Å². The van der Waals surface area contributed by atoms with Crippen molar-refractivity contribution in [3.8, 4) is 11.5 Å². The Hall–Kier alpha value is -2.66. The fraction of sp³-hybridized carbons (Fsp3) is 0.409. The van der Waals surface area contributed by atoms with E-state index in [-0.39, 0.29) is 5.75 Å². The molecule has 0 spiro atoms. The molecule has 10 heteroatoms. The summed E-state index contributed by atoms with van der Waals surface area (Å²) in [6, 6.07) is 8.48. The van der Waals surface area contributed by atoms with Crippen molar-refractivity contribution in [2.24, 2.45) is 0 Å². The van der Waals surface area contributed by atoms with E-state index < -0.39 is 33.7 Å². The molecular formula is C22H26N2O7S. The third kappa shape index (κ3) is 3.43. The number of anilines is 1. The first-order valence-electron chi connectivity index (χ1n) is 10.2. The van der Waals surface area contributed by atoms with Crippen molar-refractivity contribution in [2.75, 3.05) is 30.6 Å². The highest BCUT2D eigenvalue weighted by atomic mass is 32.2. The van der Waals surface area contributed by atoms with E-state index in [9.17, 15) is 23.4 Å². The van der Waals surface area contributed by atoms with Crippen molar-refractivity contribution in [3.05, 3.63) is 52.6 Å². The molecule has 2 aromatic rings. The van der Waals surface area contributed by atoms with Crippen LogP contribution in [0.4, 0.5) is 5.69 Å². The lowest BCUT2D eigenvalue weighted by atomic mass is 9.89. The van der Waals surface area contributed by atoms with Crippen molar-refractivity contribution in [1.82, 2.24) is 5.32 Å². The summed E-state index contributed by atoms with van der Waals surface area (Å²) in [6.07, 6.45) is -0.0441. The molecule has 0 saturated heterocycles. The van der Waals surface area contributed by atoms with Crippen molar-refractivity contribution in [2.45, 2.75) is 31.8 Å². The number of carbonyl (C=O) groups is 1. The van der Waals surface area contributed by atoms with Crippen LogP contribution in [0.25, 0.3) is 0 Å². The number of methoxy groups -OCH3 is 1. The Morgan fingerprint density at radius 3 is 2.59 bits per heavy atom. The van der Waals surface area contributed by atoms with E-state index in [4.69, 9.17) is 9.47 Å². The van der Waals surface area contributed by atoms with E-state index in [2.05, 4.69) is 5.32 Å². The number of aliphatic hydroxyl groups excluding tert-OH is 1. The van der Waals surface area contributed by atoms with E-state index in [1.54, 1.807) is 30.3 Å². The number of aliphatic hydroxyl groups is 2. The Balaban J connectivity index is 1.93. The molecule has 4 rings (SSSR count). The quantitative estimate of drug-likeness (QED) is 0.563. The molecule has 172 valence electrons. The zero-order chi connectivity index (χ0) is 23.4. The van der Waals surface area contributed by atoms with Gasteiger partial charge in [-0.3, -0.25) is 9.69 Å². The van der Waals surface area contributed by atoms with Crippen LogP contribution in [0.3, 0.4) is 0 Å². The molecule has 0 aliphatic carbocycles. The number of amides is 1. The minimum absolute atomic E-state index is 0.246. The Morgan fingerprint density at radius 1 is 1.28 bits per heavy atom. The molecule has 2 aromatic carbocycles. The van der Waals surface area contributed by atoms with Crippen LogP contribution in [-0.4, -0.2) is 50.3 Å². The second-order valence-electron chi connectivity index (χ2n) is 8.03. The number of rotatable bonds is 7. The molecule has 4 bridgehead atoms. The number of ether oxygens (including phenoxy) is 2. The lowest BCUT2D eigenvalue weighted by Crippen LogP contribution is -2.56. The smallest absolute Gasteiger partial charge is 0.232 e. The van der Waals surface area contributed by atoms with Crippen molar-refractivity contribution >= 4 is 21.4 Å². The first-order valence-corrected chi connectivity index (χ1v) is 12.2. The first kappa shape index (κ1) is 22.5. The fourth-order valence-electron chi connectivity index (χ4n) is 4.66. The molecule has 2 heterocycles. The Kier molecular flexibility index (Phi) is 5.44. The summed E-state index contributed by atoms with van der Waals surface area (Å²) in [5.41, 5.74) is 2.22. The van der Waals surface area contributed by atoms with E-state index in [1.165, 1.54) is 18.9 Å². The van der Waals surface area contributed by atoms with Gasteiger partial charge in [-0.15, -0.1) is 0 Å². The summed E-state index contributed by atoms with van der Waals surface area (Å²) >= 11 is 0. The number of hydrogen-bond donors (Lipinski definition) is 3. The van der Waals surface area contributed by atoms with Gasteiger partial charge in [-0.05, 0) is 30.2 Å². The minimum atomic E-state index is -3.46. The summed E-state index contributed by atoms with van der Waals surface area (Å²) in [5, 5.41) is 24.2. The van der Waals surface area contributed by atoms with Gasteiger partial charge in [0.25, 0.3) is 0 Å². The lowest BCUT2D eigenvalue weighted by molar-refractivity contribution is -0.124. The van der Waals surface area contributed by atoms with Crippen LogP contribution in [0.5, 0.6) is 11.5 Å². The largest absolute Gasteiger partial charge is 0.493 e. The fourth-order valence-corrected chi connectivity index (χ4v) is 5.63. The highest BCUT2D eigenvalue weighted by molar-refractivity contribution is 7.90. The molecule has 0 fully saturated rings. The van der Waals surface area contributed by atoms with Crippen LogP contribution >= 0.6 is 0 Å². The van der Waals surface area contributed by atoms with Crippen LogP contribution < -0.4 is 19.7 Å². The predicted molar refractivity (Wildman–Crippen MR) is 117 cm³/mol. The molecule has 32 heavy (non-hydrogen) atoms. The lowest BCUT2D eigenvalue weighted by Gasteiger charge is -2.37. The van der Waals surface area contributed by atoms with Gasteiger partial charge in [-0.2, -0.15) is 0 Å². The number of sulfone groups is 1. The van der Waals surface area contributed by atoms with Crippen LogP contribution in [0.15, 0.2) is 30.3 Å². The van der Waals surface area contributed by atoms with Gasteiger partial charge in [-0.25, -0.2) is 13.7 Å². The molecule has 0 radical (unpaired) electrons. The summed E-state index contributed by atoms with van der Waals surface area (Å²) in [7, 11) is -1.94. The SMILES string of the molecule is CCOc1cc([C@H](CS(C)(=O)=O)c2ccc3c4c2N(C(C)=O)C3(O)NC4O)ccc1OC. The Bertz CT molecular complexity index is 1200. The molecular weight excluding hydrogens is 436 g/mol. The number of hydrogen-bond acceptors (Lipinski definition) is 8. The third-order valence-corrected chi connectivity index (χ3v) is 6.77. The van der Waals surface area contributed by atoms with Crippen molar-refractivity contribution in [1.29, 1.82) is 0 Å². The van der Waals surface area contributed by atoms with Crippen molar-refractivity contribution < 1.29 is 32.9 Å². The zero-order valence-corrected chi connectivity index (χ0v) is 19.1. The van der Waals surface area contributed by atoms with E-state index in [1.807, 2.05) is 6.92 Å². The first-order chi connectivity index (χ1) is 15.0. The van der Waals surface area contributed by atoms with Gasteiger partial charge in [0.1, 0.15) is 16.1 Å². The zero-order valence-electron chi connectivity index (χ0n) is 18.2. The average molecular weight is 463 g/mol. The van der Waals surface area contributed by atoms with Gasteiger partial charge in [0.05, 0.1) is 25.2 Å². The molecule has 0 aromatic heterocycles. The van der Waals surface area contributed by atoms with Crippen LogP contribution in [0.1, 0.15) is 48.2 Å². The van der Waals surface area contributed by atoms with Gasteiger partial charge in [0.2, 0.25) is 11.8 Å². The molecule has 2 unspecified atom stereocenters. The maximum atomic E-state index is 12.5. The molecule has 2 aliphatic heterocycles. The summed E-state index contributed by atoms with van der Waals surface area (Å²) in [4.78, 5) is 13.7. The van der Waals surface area contributed by atoms with Crippen molar-refractivity contribution in [3.63, 3.8) is 0 Å². The van der Waals surface area contributed by atoms with Gasteiger partial charge in [-0.1, -0.05) is 18.2 Å². The maximum Gasteiger partial charge on any atom is 0.232 e. The van der Waals surface area contributed by atoms with Gasteiger partial charge in [0.15, 0.2) is 11.5 Å². The monoisotopic (exact) mass is 462 g/mol. The standard InChI is InChI=1S/C22H26N2O7S/c1-5-31-18-10-13(6-9-17(18)30-3)15(11-32(4,28)29)14-7-8-16-19-20(14)24(12(2)25)22(16,27)23-21(19)26/h6-10,15,21,23,26-27H,5,11H2,1-4H3/t15-,21?,22?/m0/s1. The van der Waals surface area contributed by atoms with Crippen LogP contribution in [0, 0.1) is 0 Å². The molecule has 3 atom stereocenters. The normalized spacial score (nSPS) is 22.2. The molecule has 9 nitrogen and oxygen atoms in total. The van der Waals surface area contributed by atoms with Gasteiger partial charge in [0, 0.05) is 30.2 Å². The maximum absolute atomic E-state index is 12.5. The highest BCUT2D eigenvalue weighted by Crippen LogP contribution is 2.54. The Morgan fingerprint density at radius 2 is 2.00 bits per heavy atom. The summed E-state index contributed by atoms with van der Waals surface area (Å²) < 4.78 is 35.8.